The number of rotatable bonds is 1. The van der Waals surface area contributed by atoms with Crippen LogP contribution in [-0.4, -0.2) is 7.05 Å². The Morgan fingerprint density at radius 2 is 1.91 bits per heavy atom. The number of aryl methyl sites for hydroxylation is 2. The molecule has 0 atom stereocenters. The molecule has 0 saturated carbocycles. The molecule has 0 amide bonds. The van der Waals surface area contributed by atoms with Crippen LogP contribution in [0.5, 0.6) is 0 Å². The predicted molar refractivity (Wildman–Crippen MR) is 53.3 cm³/mol. The van der Waals surface area contributed by atoms with Crippen molar-refractivity contribution >= 4 is 18.5 Å². The maximum absolute atomic E-state index is 4.24. The summed E-state index contributed by atoms with van der Waals surface area (Å²) in [5, 5.41) is 0. The summed E-state index contributed by atoms with van der Waals surface area (Å²) in [6, 6.07) is 6.34. The van der Waals surface area contributed by atoms with E-state index in [0.29, 0.717) is 0 Å². The number of hydrogen-bond donors (Lipinski definition) is 1. The number of benzene rings is 1. The molecular weight excluding hydrogens is 154 g/mol. The average Bonchev–Trinajstić information content (AvgIpc) is 1.94. The Morgan fingerprint density at radius 3 is 2.36 bits per heavy atom. The molecule has 0 N–H and O–H groups in total. The monoisotopic (exact) mass is 167 g/mol. The van der Waals surface area contributed by atoms with Gasteiger partial charge in [0.15, 0.2) is 0 Å². The van der Waals surface area contributed by atoms with Gasteiger partial charge >= 0.3 is 0 Å². The van der Waals surface area contributed by atoms with E-state index in [4.69, 9.17) is 0 Å². The van der Waals surface area contributed by atoms with Crippen molar-refractivity contribution in [3.8, 4) is 0 Å². The zero-order valence-corrected chi connectivity index (χ0v) is 8.02. The van der Waals surface area contributed by atoms with Crippen LogP contribution in [0, 0.1) is 13.8 Å². The molecule has 0 spiro atoms. The zero-order chi connectivity index (χ0) is 8.43. The van der Waals surface area contributed by atoms with Crippen molar-refractivity contribution in [3.05, 3.63) is 29.3 Å². The lowest BCUT2D eigenvalue weighted by molar-refractivity contribution is 1.29. The molecule has 0 heterocycles. The van der Waals surface area contributed by atoms with Crippen molar-refractivity contribution in [3.63, 3.8) is 0 Å². The van der Waals surface area contributed by atoms with Crippen molar-refractivity contribution in [1.29, 1.82) is 0 Å². The molecule has 0 aliphatic heterocycles. The summed E-state index contributed by atoms with van der Waals surface area (Å²) in [6.07, 6.45) is 0. The van der Waals surface area contributed by atoms with Crippen LogP contribution >= 0.6 is 12.8 Å². The van der Waals surface area contributed by atoms with E-state index in [1.165, 1.54) is 16.8 Å². The first-order valence-corrected chi connectivity index (χ1v) is 4.01. The van der Waals surface area contributed by atoms with Crippen LogP contribution in [0.25, 0.3) is 0 Å². The van der Waals surface area contributed by atoms with Gasteiger partial charge in [-0.2, -0.15) is 0 Å². The molecule has 0 bridgehead atoms. The van der Waals surface area contributed by atoms with Gasteiger partial charge in [-0.25, -0.2) is 0 Å². The molecule has 0 unspecified atom stereocenters. The highest BCUT2D eigenvalue weighted by Crippen LogP contribution is 2.20. The predicted octanol–water partition coefficient (Wildman–Crippen LogP) is 2.58. The van der Waals surface area contributed by atoms with Gasteiger partial charge < -0.3 is 4.31 Å². The lowest BCUT2D eigenvalue weighted by atomic mass is 10.1. The lowest BCUT2D eigenvalue weighted by Crippen LogP contribution is -2.02. The van der Waals surface area contributed by atoms with E-state index in [0.717, 1.165) is 0 Å². The van der Waals surface area contributed by atoms with Gasteiger partial charge in [0.1, 0.15) is 0 Å². The fourth-order valence-electron chi connectivity index (χ4n) is 1.07. The van der Waals surface area contributed by atoms with Gasteiger partial charge in [0.25, 0.3) is 0 Å². The largest absolute Gasteiger partial charge is 0.322 e. The smallest absolute Gasteiger partial charge is 0.0495 e. The van der Waals surface area contributed by atoms with E-state index in [-0.39, 0.29) is 0 Å². The molecule has 0 aliphatic carbocycles. The van der Waals surface area contributed by atoms with Crippen LogP contribution in [0.4, 0.5) is 5.69 Å². The van der Waals surface area contributed by atoms with Gasteiger partial charge in [0, 0.05) is 12.7 Å². The topological polar surface area (TPSA) is 3.24 Å². The molecule has 0 radical (unpaired) electrons. The van der Waals surface area contributed by atoms with Gasteiger partial charge in [0.05, 0.1) is 0 Å². The minimum absolute atomic E-state index is 1.17. The Hall–Kier alpha value is -0.630. The van der Waals surface area contributed by atoms with E-state index in [2.05, 4.69) is 44.9 Å². The summed E-state index contributed by atoms with van der Waals surface area (Å²) in [7, 11) is 1.94. The molecule has 1 rings (SSSR count). The molecule has 0 aliphatic rings. The minimum atomic E-state index is 1.17. The number of hydrogen-bond acceptors (Lipinski definition) is 2. The maximum Gasteiger partial charge on any atom is 0.0495 e. The Labute approximate surface area is 73.6 Å². The molecule has 60 valence electrons. The van der Waals surface area contributed by atoms with Gasteiger partial charge in [0.2, 0.25) is 0 Å². The van der Waals surface area contributed by atoms with Crippen molar-refractivity contribution in [2.45, 2.75) is 13.8 Å². The van der Waals surface area contributed by atoms with Crippen LogP contribution < -0.4 is 4.31 Å². The van der Waals surface area contributed by atoms with E-state index in [1.54, 1.807) is 0 Å². The Bertz CT molecular complexity index is 256. The van der Waals surface area contributed by atoms with Crippen LogP contribution in [-0.2, 0) is 0 Å². The summed E-state index contributed by atoms with van der Waals surface area (Å²) >= 11 is 4.24. The van der Waals surface area contributed by atoms with Gasteiger partial charge in [-0.05, 0) is 31.0 Å². The molecule has 1 nitrogen and oxygen atoms in total. The second-order valence-corrected chi connectivity index (χ2v) is 3.41. The molecule has 1 aromatic rings. The fraction of sp³-hybridized carbons (Fsp3) is 0.333. The average molecular weight is 167 g/mol. The van der Waals surface area contributed by atoms with E-state index >= 15 is 0 Å². The number of thiol groups is 1. The molecular formula is C9H13NS. The molecule has 0 aromatic heterocycles. The lowest BCUT2D eigenvalue weighted by Gasteiger charge is -2.14. The van der Waals surface area contributed by atoms with E-state index in [1.807, 2.05) is 11.4 Å². The molecule has 0 fully saturated rings. The van der Waals surface area contributed by atoms with Gasteiger partial charge in [-0.3, -0.25) is 0 Å². The quantitative estimate of drug-likeness (QED) is 0.629. The van der Waals surface area contributed by atoms with Gasteiger partial charge in [-0.1, -0.05) is 24.9 Å². The maximum atomic E-state index is 4.24. The minimum Gasteiger partial charge on any atom is -0.322 e. The Morgan fingerprint density at radius 1 is 1.27 bits per heavy atom. The van der Waals surface area contributed by atoms with E-state index in [9.17, 15) is 0 Å². The first kappa shape index (κ1) is 8.47. The highest BCUT2D eigenvalue weighted by molar-refractivity contribution is 7.81. The van der Waals surface area contributed by atoms with E-state index < -0.39 is 0 Å². The highest BCUT2D eigenvalue weighted by atomic mass is 32.1. The van der Waals surface area contributed by atoms with Crippen molar-refractivity contribution < 1.29 is 0 Å². The van der Waals surface area contributed by atoms with Crippen LogP contribution in [0.1, 0.15) is 11.1 Å². The third-order valence-corrected chi connectivity index (χ3v) is 1.93. The summed E-state index contributed by atoms with van der Waals surface area (Å²) in [4.78, 5) is 0. The number of anilines is 1. The first-order valence-electron chi connectivity index (χ1n) is 3.61. The molecule has 11 heavy (non-hydrogen) atoms. The van der Waals surface area contributed by atoms with Crippen LogP contribution in [0.3, 0.4) is 0 Å². The SMILES string of the molecule is Cc1ccc(C)c(N(C)S)c1. The third kappa shape index (κ3) is 1.90. The van der Waals surface area contributed by atoms with Crippen LogP contribution in [0.15, 0.2) is 18.2 Å². The normalized spacial score (nSPS) is 9.82. The first-order chi connectivity index (χ1) is 5.11. The molecule has 0 saturated heterocycles. The van der Waals surface area contributed by atoms with Crippen LogP contribution in [0.2, 0.25) is 0 Å². The molecule has 2 heteroatoms. The molecule has 1 aromatic carbocycles. The summed E-state index contributed by atoms with van der Waals surface area (Å²) in [6.45, 7) is 4.17. The van der Waals surface area contributed by atoms with Crippen molar-refractivity contribution in [1.82, 2.24) is 0 Å². The van der Waals surface area contributed by atoms with Crippen molar-refractivity contribution in [2.24, 2.45) is 0 Å². The Balaban J connectivity index is 3.13. The summed E-state index contributed by atoms with van der Waals surface area (Å²) < 4.78 is 1.84. The Kier molecular flexibility index (Phi) is 2.45. The standard InChI is InChI=1S/C9H13NS/c1-7-4-5-8(2)9(6-7)10(3)11/h4-6,11H,1-3H3. The fourth-order valence-corrected chi connectivity index (χ4v) is 1.28. The second kappa shape index (κ2) is 3.18. The zero-order valence-electron chi connectivity index (χ0n) is 7.13. The highest BCUT2D eigenvalue weighted by Gasteiger charge is 1.99. The van der Waals surface area contributed by atoms with Gasteiger partial charge in [-0.15, -0.1) is 0 Å². The van der Waals surface area contributed by atoms with Crippen molar-refractivity contribution in [2.75, 3.05) is 11.4 Å². The third-order valence-electron chi connectivity index (χ3n) is 1.71. The summed E-state index contributed by atoms with van der Waals surface area (Å²) in [5.41, 5.74) is 3.70. The number of nitrogens with zero attached hydrogens (tertiary/aromatic N) is 1. The summed E-state index contributed by atoms with van der Waals surface area (Å²) in [5.74, 6) is 0. The second-order valence-electron chi connectivity index (χ2n) is 2.81.